The van der Waals surface area contributed by atoms with Crippen molar-refractivity contribution < 1.29 is 9.90 Å². The summed E-state index contributed by atoms with van der Waals surface area (Å²) in [5.74, 6) is 6.61. The zero-order chi connectivity index (χ0) is 11.7. The lowest BCUT2D eigenvalue weighted by atomic mass is 10.1. The van der Waals surface area contributed by atoms with Gasteiger partial charge in [0.2, 0.25) is 5.16 Å². The Morgan fingerprint density at radius 2 is 2.38 bits per heavy atom. The Hall–Kier alpha value is -1.24. The quantitative estimate of drug-likeness (QED) is 0.582. The maximum absolute atomic E-state index is 10.4. The summed E-state index contributed by atoms with van der Waals surface area (Å²) in [6.45, 7) is 2.08. The predicted octanol–water partition coefficient (Wildman–Crippen LogP) is 0.682. The lowest BCUT2D eigenvalue weighted by Crippen LogP contribution is -2.17. The van der Waals surface area contributed by atoms with Crippen LogP contribution in [0.3, 0.4) is 0 Å². The molecule has 1 saturated carbocycles. The third-order valence-corrected chi connectivity index (χ3v) is 3.68. The molecular formula is C9H14N4O2S. The van der Waals surface area contributed by atoms with Crippen LogP contribution >= 0.6 is 11.8 Å². The Labute approximate surface area is 97.2 Å². The molecule has 0 amide bonds. The van der Waals surface area contributed by atoms with Crippen molar-refractivity contribution >= 4 is 17.7 Å². The summed E-state index contributed by atoms with van der Waals surface area (Å²) >= 11 is 1.09. The van der Waals surface area contributed by atoms with Crippen molar-refractivity contribution in [2.24, 2.45) is 5.92 Å². The predicted molar refractivity (Wildman–Crippen MR) is 59.7 cm³/mol. The molecule has 1 fully saturated rings. The number of carboxylic acids is 1. The maximum Gasteiger partial charge on any atom is 0.313 e. The van der Waals surface area contributed by atoms with Gasteiger partial charge >= 0.3 is 5.97 Å². The molecule has 1 aliphatic rings. The van der Waals surface area contributed by atoms with Crippen molar-refractivity contribution in [1.82, 2.24) is 14.9 Å². The van der Waals surface area contributed by atoms with E-state index in [0.29, 0.717) is 17.0 Å². The molecule has 0 radical (unpaired) electrons. The van der Waals surface area contributed by atoms with Crippen LogP contribution in [0.4, 0.5) is 0 Å². The summed E-state index contributed by atoms with van der Waals surface area (Å²) < 4.78 is 1.41. The Morgan fingerprint density at radius 1 is 1.69 bits per heavy atom. The topological polar surface area (TPSA) is 94.0 Å². The fourth-order valence-electron chi connectivity index (χ4n) is 1.63. The van der Waals surface area contributed by atoms with Crippen molar-refractivity contribution in [2.45, 2.75) is 30.8 Å². The summed E-state index contributed by atoms with van der Waals surface area (Å²) in [5.41, 5.74) is 0. The average molecular weight is 242 g/mol. The molecular weight excluding hydrogens is 228 g/mol. The van der Waals surface area contributed by atoms with E-state index in [1.807, 2.05) is 0 Å². The smallest absolute Gasteiger partial charge is 0.313 e. The molecule has 2 rings (SSSR count). The largest absolute Gasteiger partial charge is 0.481 e. The van der Waals surface area contributed by atoms with Crippen LogP contribution < -0.4 is 5.84 Å². The molecule has 1 atom stereocenters. The number of hydrogen-bond acceptors (Lipinski definition) is 5. The molecule has 0 aromatic carbocycles. The molecule has 3 N–H and O–H groups in total. The summed E-state index contributed by atoms with van der Waals surface area (Å²) in [5, 5.41) is 17.0. The van der Waals surface area contributed by atoms with Crippen molar-refractivity contribution in [2.75, 3.05) is 11.6 Å². The van der Waals surface area contributed by atoms with E-state index < -0.39 is 5.97 Å². The van der Waals surface area contributed by atoms with Gasteiger partial charge in [-0.15, -0.1) is 10.2 Å². The van der Waals surface area contributed by atoms with Gasteiger partial charge in [-0.2, -0.15) is 0 Å². The van der Waals surface area contributed by atoms with Gasteiger partial charge < -0.3 is 10.9 Å². The minimum Gasteiger partial charge on any atom is -0.481 e. The van der Waals surface area contributed by atoms with Gasteiger partial charge in [0.15, 0.2) is 5.82 Å². The molecule has 1 heterocycles. The highest BCUT2D eigenvalue weighted by Gasteiger charge is 2.32. The van der Waals surface area contributed by atoms with E-state index >= 15 is 0 Å². The van der Waals surface area contributed by atoms with E-state index in [4.69, 9.17) is 10.9 Å². The second-order valence-electron chi connectivity index (χ2n) is 4.02. The number of nitrogen functional groups attached to an aromatic ring is 1. The van der Waals surface area contributed by atoms with Crippen LogP contribution in [-0.4, -0.2) is 31.7 Å². The van der Waals surface area contributed by atoms with Gasteiger partial charge in [0, 0.05) is 5.92 Å². The standard InChI is InChI=1S/C9H14N4O2S/c1-5(6-2-3-6)8-11-12-9(13(8)10)16-4-7(14)15/h5-6H,2-4,10H2,1H3,(H,14,15). The average Bonchev–Trinajstić information content (AvgIpc) is 3.00. The maximum atomic E-state index is 10.4. The lowest BCUT2D eigenvalue weighted by Gasteiger charge is -2.08. The first-order chi connectivity index (χ1) is 7.59. The zero-order valence-corrected chi connectivity index (χ0v) is 9.78. The molecule has 6 nitrogen and oxygen atoms in total. The molecule has 0 spiro atoms. The molecule has 0 saturated heterocycles. The number of thioether (sulfide) groups is 1. The van der Waals surface area contributed by atoms with E-state index in [2.05, 4.69) is 17.1 Å². The van der Waals surface area contributed by atoms with Crippen molar-refractivity contribution in [3.63, 3.8) is 0 Å². The number of nitrogens with zero attached hydrogens (tertiary/aromatic N) is 3. The minimum atomic E-state index is -0.884. The van der Waals surface area contributed by atoms with Crippen molar-refractivity contribution in [3.05, 3.63) is 5.82 Å². The van der Waals surface area contributed by atoms with Gasteiger partial charge in [-0.25, -0.2) is 4.68 Å². The molecule has 1 aliphatic carbocycles. The molecule has 88 valence electrons. The van der Waals surface area contributed by atoms with Crippen LogP contribution in [0, 0.1) is 5.92 Å². The van der Waals surface area contributed by atoms with Crippen LogP contribution in [0.25, 0.3) is 0 Å². The van der Waals surface area contributed by atoms with Crippen LogP contribution in [-0.2, 0) is 4.79 Å². The fourth-order valence-corrected chi connectivity index (χ4v) is 2.21. The third kappa shape index (κ3) is 2.29. The van der Waals surface area contributed by atoms with Crippen LogP contribution in [0.5, 0.6) is 0 Å². The fraction of sp³-hybridized carbons (Fsp3) is 0.667. The second kappa shape index (κ2) is 4.32. The highest BCUT2D eigenvalue weighted by atomic mass is 32.2. The Balaban J connectivity index is 2.07. The Morgan fingerprint density at radius 3 is 2.94 bits per heavy atom. The molecule has 1 aromatic heterocycles. The number of aromatic nitrogens is 3. The van der Waals surface area contributed by atoms with Gasteiger partial charge in [-0.1, -0.05) is 18.7 Å². The summed E-state index contributed by atoms with van der Waals surface area (Å²) in [4.78, 5) is 10.4. The summed E-state index contributed by atoms with van der Waals surface area (Å²) in [7, 11) is 0. The van der Waals surface area contributed by atoms with Gasteiger partial charge in [-0.05, 0) is 18.8 Å². The Bertz CT molecular complexity index is 402. The van der Waals surface area contributed by atoms with E-state index in [-0.39, 0.29) is 5.75 Å². The zero-order valence-electron chi connectivity index (χ0n) is 8.96. The number of carbonyl (C=O) groups is 1. The van der Waals surface area contributed by atoms with Crippen LogP contribution in [0.1, 0.15) is 31.5 Å². The highest BCUT2D eigenvalue weighted by Crippen LogP contribution is 2.41. The lowest BCUT2D eigenvalue weighted by molar-refractivity contribution is -0.133. The van der Waals surface area contributed by atoms with Gasteiger partial charge in [0.05, 0.1) is 5.75 Å². The SMILES string of the molecule is CC(c1nnc(SCC(=O)O)n1N)C1CC1. The first kappa shape index (κ1) is 11.3. The first-order valence-electron chi connectivity index (χ1n) is 5.14. The molecule has 1 aromatic rings. The number of aliphatic carboxylic acids is 1. The van der Waals surface area contributed by atoms with Crippen molar-refractivity contribution in [1.29, 1.82) is 0 Å². The normalized spacial score (nSPS) is 17.3. The van der Waals surface area contributed by atoms with E-state index in [0.717, 1.165) is 17.6 Å². The van der Waals surface area contributed by atoms with Crippen LogP contribution in [0.2, 0.25) is 0 Å². The van der Waals surface area contributed by atoms with E-state index in [1.165, 1.54) is 17.5 Å². The second-order valence-corrected chi connectivity index (χ2v) is 4.96. The number of rotatable bonds is 5. The Kier molecular flexibility index (Phi) is 3.04. The first-order valence-corrected chi connectivity index (χ1v) is 6.13. The number of nitrogens with two attached hydrogens (primary N) is 1. The van der Waals surface area contributed by atoms with Gasteiger partial charge in [-0.3, -0.25) is 4.79 Å². The molecule has 7 heteroatoms. The van der Waals surface area contributed by atoms with E-state index in [1.54, 1.807) is 0 Å². The molecule has 16 heavy (non-hydrogen) atoms. The van der Waals surface area contributed by atoms with Gasteiger partial charge in [0.25, 0.3) is 0 Å². The number of carboxylic acid groups (broad SMARTS) is 1. The number of hydrogen-bond donors (Lipinski definition) is 2. The van der Waals surface area contributed by atoms with E-state index in [9.17, 15) is 4.79 Å². The molecule has 0 bridgehead atoms. The molecule has 0 aliphatic heterocycles. The summed E-state index contributed by atoms with van der Waals surface area (Å²) in [6, 6.07) is 0. The van der Waals surface area contributed by atoms with Gasteiger partial charge in [0.1, 0.15) is 0 Å². The van der Waals surface area contributed by atoms with Crippen LogP contribution in [0.15, 0.2) is 5.16 Å². The van der Waals surface area contributed by atoms with Crippen molar-refractivity contribution in [3.8, 4) is 0 Å². The minimum absolute atomic E-state index is 0.0485. The molecule has 1 unspecified atom stereocenters. The summed E-state index contributed by atoms with van der Waals surface area (Å²) in [6.07, 6.45) is 2.43. The highest BCUT2D eigenvalue weighted by molar-refractivity contribution is 7.99. The monoisotopic (exact) mass is 242 g/mol. The third-order valence-electron chi connectivity index (χ3n) is 2.75.